The first-order valence-electron chi connectivity index (χ1n) is 6.13. The van der Waals surface area contributed by atoms with Crippen molar-refractivity contribution in [1.82, 2.24) is 10.3 Å². The van der Waals surface area contributed by atoms with E-state index in [0.29, 0.717) is 0 Å². The van der Waals surface area contributed by atoms with Crippen LogP contribution in [0.4, 0.5) is 0 Å². The van der Waals surface area contributed by atoms with Gasteiger partial charge in [0.2, 0.25) is 0 Å². The zero-order valence-electron chi connectivity index (χ0n) is 10.7. The SMILES string of the molecule is CCNCc1ccc(-c2ccc(C)nc2)c(Cl)c1. The fourth-order valence-corrected chi connectivity index (χ4v) is 2.11. The molecule has 2 aromatic rings. The summed E-state index contributed by atoms with van der Waals surface area (Å²) in [5.41, 5.74) is 4.30. The number of nitrogens with one attached hydrogen (secondary N) is 1. The minimum atomic E-state index is 0.774. The molecule has 1 aromatic heterocycles. The van der Waals surface area contributed by atoms with Crippen molar-refractivity contribution in [2.75, 3.05) is 6.54 Å². The van der Waals surface area contributed by atoms with Crippen molar-refractivity contribution >= 4 is 11.6 Å². The molecule has 3 heteroatoms. The second-order valence-electron chi connectivity index (χ2n) is 4.28. The van der Waals surface area contributed by atoms with E-state index in [-0.39, 0.29) is 0 Å². The lowest BCUT2D eigenvalue weighted by Crippen LogP contribution is -2.11. The average Bonchev–Trinajstić information content (AvgIpc) is 2.38. The Morgan fingerprint density at radius 3 is 2.67 bits per heavy atom. The average molecular weight is 261 g/mol. The molecule has 0 fully saturated rings. The lowest BCUT2D eigenvalue weighted by atomic mass is 10.1. The van der Waals surface area contributed by atoms with Crippen LogP contribution in [0.3, 0.4) is 0 Å². The maximum absolute atomic E-state index is 6.33. The van der Waals surface area contributed by atoms with Gasteiger partial charge >= 0.3 is 0 Å². The lowest BCUT2D eigenvalue weighted by Gasteiger charge is -2.08. The Bertz CT molecular complexity index is 521. The number of aromatic nitrogens is 1. The number of pyridine rings is 1. The number of hydrogen-bond acceptors (Lipinski definition) is 2. The summed E-state index contributed by atoms with van der Waals surface area (Å²) in [4.78, 5) is 4.30. The maximum Gasteiger partial charge on any atom is 0.0488 e. The van der Waals surface area contributed by atoms with Gasteiger partial charge < -0.3 is 5.32 Å². The summed E-state index contributed by atoms with van der Waals surface area (Å²) in [7, 11) is 0. The van der Waals surface area contributed by atoms with Crippen LogP contribution in [0.25, 0.3) is 11.1 Å². The van der Waals surface area contributed by atoms with E-state index < -0.39 is 0 Å². The monoisotopic (exact) mass is 260 g/mol. The van der Waals surface area contributed by atoms with E-state index in [1.165, 1.54) is 5.56 Å². The molecule has 0 radical (unpaired) electrons. The Morgan fingerprint density at radius 2 is 2.06 bits per heavy atom. The van der Waals surface area contributed by atoms with Gasteiger partial charge in [-0.2, -0.15) is 0 Å². The number of aryl methyl sites for hydroxylation is 1. The summed E-state index contributed by atoms with van der Waals surface area (Å²) in [6.07, 6.45) is 1.86. The van der Waals surface area contributed by atoms with E-state index in [1.54, 1.807) is 0 Å². The van der Waals surface area contributed by atoms with Gasteiger partial charge in [-0.1, -0.05) is 36.7 Å². The molecule has 1 aromatic carbocycles. The quantitative estimate of drug-likeness (QED) is 0.904. The molecule has 0 unspecified atom stereocenters. The van der Waals surface area contributed by atoms with Gasteiger partial charge in [-0.25, -0.2) is 0 Å². The molecule has 0 aliphatic rings. The highest BCUT2D eigenvalue weighted by Gasteiger charge is 2.04. The summed E-state index contributed by atoms with van der Waals surface area (Å²) in [6, 6.07) is 10.2. The Morgan fingerprint density at radius 1 is 1.22 bits per heavy atom. The summed E-state index contributed by atoms with van der Waals surface area (Å²) in [5.74, 6) is 0. The van der Waals surface area contributed by atoms with Gasteiger partial charge in [-0.3, -0.25) is 4.98 Å². The number of halogens is 1. The predicted octanol–water partition coefficient (Wildman–Crippen LogP) is 3.82. The van der Waals surface area contributed by atoms with Crippen LogP contribution in [0, 0.1) is 6.92 Å². The van der Waals surface area contributed by atoms with Crippen LogP contribution in [0.15, 0.2) is 36.5 Å². The highest BCUT2D eigenvalue weighted by molar-refractivity contribution is 6.33. The zero-order valence-corrected chi connectivity index (χ0v) is 11.5. The third kappa shape index (κ3) is 3.09. The van der Waals surface area contributed by atoms with Crippen molar-refractivity contribution in [2.24, 2.45) is 0 Å². The number of nitrogens with zero attached hydrogens (tertiary/aromatic N) is 1. The highest BCUT2D eigenvalue weighted by Crippen LogP contribution is 2.28. The van der Waals surface area contributed by atoms with E-state index in [4.69, 9.17) is 11.6 Å². The fourth-order valence-electron chi connectivity index (χ4n) is 1.80. The van der Waals surface area contributed by atoms with Crippen molar-refractivity contribution in [3.8, 4) is 11.1 Å². The van der Waals surface area contributed by atoms with E-state index in [2.05, 4.69) is 29.4 Å². The van der Waals surface area contributed by atoms with E-state index in [1.807, 2.05) is 31.3 Å². The van der Waals surface area contributed by atoms with Crippen molar-refractivity contribution < 1.29 is 0 Å². The summed E-state index contributed by atoms with van der Waals surface area (Å²) in [5, 5.41) is 4.06. The molecule has 0 saturated heterocycles. The molecular formula is C15H17ClN2. The van der Waals surface area contributed by atoms with Crippen molar-refractivity contribution in [2.45, 2.75) is 20.4 Å². The smallest absolute Gasteiger partial charge is 0.0488 e. The second-order valence-corrected chi connectivity index (χ2v) is 4.69. The van der Waals surface area contributed by atoms with Gasteiger partial charge in [0, 0.05) is 34.6 Å². The Balaban J connectivity index is 2.26. The first-order chi connectivity index (χ1) is 8.70. The Kier molecular flexibility index (Phi) is 4.34. The molecule has 2 nitrogen and oxygen atoms in total. The summed E-state index contributed by atoms with van der Waals surface area (Å²) < 4.78 is 0. The van der Waals surface area contributed by atoms with Crippen LogP contribution < -0.4 is 5.32 Å². The van der Waals surface area contributed by atoms with Gasteiger partial charge in [0.15, 0.2) is 0 Å². The van der Waals surface area contributed by atoms with Crippen molar-refractivity contribution in [3.05, 3.63) is 52.8 Å². The molecule has 1 heterocycles. The minimum Gasteiger partial charge on any atom is -0.313 e. The van der Waals surface area contributed by atoms with Gasteiger partial charge in [-0.05, 0) is 31.2 Å². The predicted molar refractivity (Wildman–Crippen MR) is 76.8 cm³/mol. The molecule has 0 atom stereocenters. The standard InChI is InChI=1S/C15H17ClN2/c1-3-17-9-12-5-7-14(15(16)8-12)13-6-4-11(2)18-10-13/h4-8,10,17H,3,9H2,1-2H3. The normalized spacial score (nSPS) is 10.6. The lowest BCUT2D eigenvalue weighted by molar-refractivity contribution is 0.727. The van der Waals surface area contributed by atoms with Crippen molar-refractivity contribution in [1.29, 1.82) is 0 Å². The number of benzene rings is 1. The van der Waals surface area contributed by atoms with Gasteiger partial charge in [0.05, 0.1) is 0 Å². The third-order valence-corrected chi connectivity index (χ3v) is 3.15. The van der Waals surface area contributed by atoms with Gasteiger partial charge in [-0.15, -0.1) is 0 Å². The second kappa shape index (κ2) is 5.98. The molecule has 0 amide bonds. The molecule has 0 saturated carbocycles. The van der Waals surface area contributed by atoms with Crippen LogP contribution in [-0.2, 0) is 6.54 Å². The van der Waals surface area contributed by atoms with Crippen LogP contribution in [0.5, 0.6) is 0 Å². The highest BCUT2D eigenvalue weighted by atomic mass is 35.5. The van der Waals surface area contributed by atoms with Crippen LogP contribution in [0.2, 0.25) is 5.02 Å². The van der Waals surface area contributed by atoms with E-state index in [0.717, 1.165) is 34.9 Å². The maximum atomic E-state index is 6.33. The molecule has 2 rings (SSSR count). The number of rotatable bonds is 4. The van der Waals surface area contributed by atoms with Gasteiger partial charge in [0.25, 0.3) is 0 Å². The molecule has 0 bridgehead atoms. The van der Waals surface area contributed by atoms with Crippen molar-refractivity contribution in [3.63, 3.8) is 0 Å². The molecule has 18 heavy (non-hydrogen) atoms. The first kappa shape index (κ1) is 13.1. The molecule has 94 valence electrons. The van der Waals surface area contributed by atoms with E-state index in [9.17, 15) is 0 Å². The molecule has 0 spiro atoms. The van der Waals surface area contributed by atoms with Gasteiger partial charge in [0.1, 0.15) is 0 Å². The fraction of sp³-hybridized carbons (Fsp3) is 0.267. The topological polar surface area (TPSA) is 24.9 Å². The molecular weight excluding hydrogens is 244 g/mol. The van der Waals surface area contributed by atoms with E-state index >= 15 is 0 Å². The van der Waals surface area contributed by atoms with Crippen LogP contribution in [-0.4, -0.2) is 11.5 Å². The third-order valence-electron chi connectivity index (χ3n) is 2.83. The molecule has 0 aliphatic carbocycles. The zero-order chi connectivity index (χ0) is 13.0. The molecule has 1 N–H and O–H groups in total. The first-order valence-corrected chi connectivity index (χ1v) is 6.50. The Labute approximate surface area is 113 Å². The summed E-state index contributed by atoms with van der Waals surface area (Å²) >= 11 is 6.33. The minimum absolute atomic E-state index is 0.774. The van der Waals surface area contributed by atoms with Crippen LogP contribution in [0.1, 0.15) is 18.2 Å². The summed E-state index contributed by atoms with van der Waals surface area (Å²) in [6.45, 7) is 5.88. The van der Waals surface area contributed by atoms with Crippen LogP contribution >= 0.6 is 11.6 Å². The largest absolute Gasteiger partial charge is 0.313 e. The Hall–Kier alpha value is -1.38. The number of hydrogen-bond donors (Lipinski definition) is 1. The molecule has 0 aliphatic heterocycles.